The maximum atomic E-state index is 12.2. The molecule has 0 aliphatic rings. The molecule has 1 heterocycles. The number of aromatic nitrogens is 2. The van der Waals surface area contributed by atoms with Gasteiger partial charge in [-0.15, -0.1) is 10.2 Å². The monoisotopic (exact) mass is 322 g/mol. The van der Waals surface area contributed by atoms with Gasteiger partial charge in [0.15, 0.2) is 0 Å². The van der Waals surface area contributed by atoms with Crippen molar-refractivity contribution >= 4 is 38.4 Å². The smallest absolute Gasteiger partial charge is 0.321 e. The van der Waals surface area contributed by atoms with Crippen LogP contribution in [0.4, 0.5) is 5.13 Å². The Labute approximate surface area is 120 Å². The number of hydrogen-bond acceptors (Lipinski definition) is 8. The summed E-state index contributed by atoms with van der Waals surface area (Å²) >= 11 is 0.711. The van der Waals surface area contributed by atoms with E-state index in [0.717, 1.165) is 4.31 Å². The van der Waals surface area contributed by atoms with E-state index in [1.165, 1.54) is 14.0 Å². The highest BCUT2D eigenvalue weighted by Crippen LogP contribution is 2.23. The summed E-state index contributed by atoms with van der Waals surface area (Å²) in [4.78, 5) is 22.0. The van der Waals surface area contributed by atoms with Crippen molar-refractivity contribution in [2.45, 2.75) is 18.2 Å². The van der Waals surface area contributed by atoms with Gasteiger partial charge in [-0.3, -0.25) is 9.59 Å². The van der Waals surface area contributed by atoms with Gasteiger partial charge >= 0.3 is 5.97 Å². The van der Waals surface area contributed by atoms with Crippen LogP contribution in [0.5, 0.6) is 0 Å². The lowest BCUT2D eigenvalue weighted by molar-refractivity contribution is -0.140. The van der Waals surface area contributed by atoms with Gasteiger partial charge in [0.2, 0.25) is 15.4 Å². The first kappa shape index (κ1) is 16.5. The molecular weight excluding hydrogens is 308 g/mol. The molecule has 0 atom stereocenters. The molecule has 0 aliphatic carbocycles. The summed E-state index contributed by atoms with van der Waals surface area (Å²) in [6, 6.07) is 0. The third kappa shape index (κ3) is 3.95. The molecule has 20 heavy (non-hydrogen) atoms. The van der Waals surface area contributed by atoms with Gasteiger partial charge < -0.3 is 10.1 Å². The minimum atomic E-state index is -3.95. The lowest BCUT2D eigenvalue weighted by Crippen LogP contribution is -2.36. The lowest BCUT2D eigenvalue weighted by Gasteiger charge is -2.16. The number of anilines is 1. The Hall–Kier alpha value is -1.59. The number of sulfonamides is 1. The zero-order valence-corrected chi connectivity index (χ0v) is 12.7. The zero-order valence-electron chi connectivity index (χ0n) is 11.1. The second-order valence-electron chi connectivity index (χ2n) is 3.56. The van der Waals surface area contributed by atoms with E-state index in [9.17, 15) is 18.0 Å². The minimum absolute atomic E-state index is 0.0743. The predicted octanol–water partition coefficient (Wildman–Crippen LogP) is -0.320. The van der Waals surface area contributed by atoms with Gasteiger partial charge in [0.1, 0.15) is 6.54 Å². The normalized spacial score (nSPS) is 11.4. The van der Waals surface area contributed by atoms with Crippen molar-refractivity contribution in [3.8, 4) is 0 Å². The van der Waals surface area contributed by atoms with Crippen molar-refractivity contribution in [3.05, 3.63) is 0 Å². The minimum Gasteiger partial charge on any atom is -0.468 e. The van der Waals surface area contributed by atoms with E-state index < -0.39 is 22.5 Å². The molecule has 1 aromatic rings. The first-order valence-corrected chi connectivity index (χ1v) is 7.75. The summed E-state index contributed by atoms with van der Waals surface area (Å²) < 4.78 is 29.5. The summed E-state index contributed by atoms with van der Waals surface area (Å²) in [5.74, 6) is -1.06. The van der Waals surface area contributed by atoms with Crippen molar-refractivity contribution in [3.63, 3.8) is 0 Å². The number of hydrogen-bond donors (Lipinski definition) is 1. The highest BCUT2D eigenvalue weighted by molar-refractivity contribution is 7.91. The van der Waals surface area contributed by atoms with Crippen LogP contribution in [0.2, 0.25) is 0 Å². The Morgan fingerprint density at radius 1 is 1.40 bits per heavy atom. The van der Waals surface area contributed by atoms with Gasteiger partial charge in [-0.2, -0.15) is 4.31 Å². The van der Waals surface area contributed by atoms with Crippen LogP contribution < -0.4 is 5.32 Å². The molecule has 112 valence electrons. The third-order valence-electron chi connectivity index (χ3n) is 2.14. The molecular formula is C9H14N4O5S2. The fraction of sp³-hybridized carbons (Fsp3) is 0.556. The summed E-state index contributed by atoms with van der Waals surface area (Å²) in [6.07, 6.45) is 0. The Kier molecular flexibility index (Phi) is 5.53. The maximum absolute atomic E-state index is 12.2. The van der Waals surface area contributed by atoms with Crippen LogP contribution in [0.1, 0.15) is 13.8 Å². The molecule has 9 nitrogen and oxygen atoms in total. The van der Waals surface area contributed by atoms with E-state index >= 15 is 0 Å². The van der Waals surface area contributed by atoms with Gasteiger partial charge in [-0.1, -0.05) is 18.3 Å². The number of ether oxygens (including phenoxy) is 1. The first-order valence-electron chi connectivity index (χ1n) is 5.49. The quantitative estimate of drug-likeness (QED) is 0.563. The van der Waals surface area contributed by atoms with Crippen LogP contribution in [0.25, 0.3) is 0 Å². The van der Waals surface area contributed by atoms with Gasteiger partial charge in [-0.25, -0.2) is 8.42 Å². The molecule has 0 saturated carbocycles. The Morgan fingerprint density at radius 3 is 2.55 bits per heavy atom. The maximum Gasteiger partial charge on any atom is 0.321 e. The number of nitrogens with zero attached hydrogens (tertiary/aromatic N) is 3. The van der Waals surface area contributed by atoms with Crippen LogP contribution in [-0.4, -0.2) is 55.0 Å². The number of rotatable bonds is 6. The van der Waals surface area contributed by atoms with Gasteiger partial charge in [0.25, 0.3) is 10.0 Å². The van der Waals surface area contributed by atoms with Crippen LogP contribution in [-0.2, 0) is 24.3 Å². The Bertz CT molecular complexity index is 597. The average Bonchev–Trinajstić information content (AvgIpc) is 2.83. The molecule has 0 aromatic carbocycles. The molecule has 1 N–H and O–H groups in total. The van der Waals surface area contributed by atoms with Gasteiger partial charge in [0, 0.05) is 13.5 Å². The molecule has 0 spiro atoms. The first-order chi connectivity index (χ1) is 9.31. The molecule has 11 heteroatoms. The number of esters is 1. The lowest BCUT2D eigenvalue weighted by atomic mass is 10.6. The summed E-state index contributed by atoms with van der Waals surface area (Å²) in [6.45, 7) is 2.51. The van der Waals surface area contributed by atoms with Crippen molar-refractivity contribution in [2.75, 3.05) is 25.5 Å². The van der Waals surface area contributed by atoms with Crippen molar-refractivity contribution < 1.29 is 22.7 Å². The molecule has 0 fully saturated rings. The van der Waals surface area contributed by atoms with E-state index in [2.05, 4.69) is 20.3 Å². The molecule has 1 amide bonds. The van der Waals surface area contributed by atoms with E-state index in [1.54, 1.807) is 6.92 Å². The van der Waals surface area contributed by atoms with E-state index in [1.807, 2.05) is 0 Å². The number of likely N-dealkylation sites (N-methyl/N-ethyl adjacent to an activating group) is 1. The summed E-state index contributed by atoms with van der Waals surface area (Å²) in [5, 5.41) is 9.48. The van der Waals surface area contributed by atoms with Crippen molar-refractivity contribution in [1.29, 1.82) is 0 Å². The fourth-order valence-electron chi connectivity index (χ4n) is 1.20. The van der Waals surface area contributed by atoms with Crippen LogP contribution in [0, 0.1) is 0 Å². The zero-order chi connectivity index (χ0) is 15.3. The predicted molar refractivity (Wildman–Crippen MR) is 70.7 cm³/mol. The Balaban J connectivity index is 2.98. The van der Waals surface area contributed by atoms with Crippen molar-refractivity contribution in [2.24, 2.45) is 0 Å². The SMILES string of the molecule is CCN(CC(=O)OC)S(=O)(=O)c1nnc(NC(C)=O)s1. The fourth-order valence-corrected chi connectivity index (χ4v) is 3.68. The number of methoxy groups -OCH3 is 1. The van der Waals surface area contributed by atoms with Crippen LogP contribution in [0.15, 0.2) is 4.34 Å². The second-order valence-corrected chi connectivity index (χ2v) is 6.65. The topological polar surface area (TPSA) is 119 Å². The van der Waals surface area contributed by atoms with E-state index in [-0.39, 0.29) is 21.9 Å². The van der Waals surface area contributed by atoms with Crippen LogP contribution in [0.3, 0.4) is 0 Å². The summed E-state index contributed by atoms with van der Waals surface area (Å²) in [7, 11) is -2.78. The average molecular weight is 322 g/mol. The third-order valence-corrected chi connectivity index (χ3v) is 5.24. The molecule has 0 aliphatic heterocycles. The molecule has 0 radical (unpaired) electrons. The van der Waals surface area contributed by atoms with E-state index in [4.69, 9.17) is 0 Å². The largest absolute Gasteiger partial charge is 0.468 e. The Morgan fingerprint density at radius 2 is 2.05 bits per heavy atom. The molecule has 0 unspecified atom stereocenters. The van der Waals surface area contributed by atoms with Crippen LogP contribution >= 0.6 is 11.3 Å². The standard InChI is InChI=1S/C9H14N4O5S2/c1-4-13(5-7(15)18-3)20(16,17)9-12-11-8(19-9)10-6(2)14/h4-5H2,1-3H3,(H,10,11,14). The molecule has 0 saturated heterocycles. The van der Waals surface area contributed by atoms with Crippen molar-refractivity contribution in [1.82, 2.24) is 14.5 Å². The second kappa shape index (κ2) is 6.72. The highest BCUT2D eigenvalue weighted by Gasteiger charge is 2.29. The molecule has 1 rings (SSSR count). The number of nitrogens with one attached hydrogen (secondary N) is 1. The number of carbonyl (C=O) groups is 2. The van der Waals surface area contributed by atoms with E-state index in [0.29, 0.717) is 11.3 Å². The van der Waals surface area contributed by atoms with Gasteiger partial charge in [-0.05, 0) is 0 Å². The number of amides is 1. The molecule has 0 bridgehead atoms. The molecule has 1 aromatic heterocycles. The van der Waals surface area contributed by atoms with Gasteiger partial charge in [0.05, 0.1) is 7.11 Å². The number of carbonyl (C=O) groups excluding carboxylic acids is 2. The summed E-state index contributed by atoms with van der Waals surface area (Å²) in [5.41, 5.74) is 0. The highest BCUT2D eigenvalue weighted by atomic mass is 32.2.